The minimum absolute atomic E-state index is 0.0908. The van der Waals surface area contributed by atoms with Crippen molar-refractivity contribution < 1.29 is 13.2 Å². The number of carbonyl (C=O) groups is 1. The second kappa shape index (κ2) is 8.55. The monoisotopic (exact) mass is 360 g/mol. The van der Waals surface area contributed by atoms with Crippen LogP contribution >= 0.6 is 11.6 Å². The lowest BCUT2D eigenvalue weighted by Crippen LogP contribution is -2.35. The number of carbonyl (C=O) groups excluding carboxylic acids is 1. The molecular formula is C16H25ClN2O3S. The molecule has 7 heteroatoms. The Hall–Kier alpha value is -1.27. The van der Waals surface area contributed by atoms with E-state index < -0.39 is 10.0 Å². The van der Waals surface area contributed by atoms with E-state index in [0.717, 1.165) is 18.2 Å². The third-order valence-electron chi connectivity index (χ3n) is 3.43. The molecule has 1 amide bonds. The normalized spacial score (nSPS) is 11.6. The van der Waals surface area contributed by atoms with Gasteiger partial charge in [-0.25, -0.2) is 8.42 Å². The van der Waals surface area contributed by atoms with Gasteiger partial charge in [-0.1, -0.05) is 31.5 Å². The van der Waals surface area contributed by atoms with Gasteiger partial charge in [0.25, 0.3) is 0 Å². The zero-order chi connectivity index (χ0) is 17.6. The maximum Gasteiger partial charge on any atom is 0.232 e. The van der Waals surface area contributed by atoms with Gasteiger partial charge in [-0.2, -0.15) is 0 Å². The number of anilines is 1. The molecule has 0 heterocycles. The molecule has 1 aromatic carbocycles. The lowest BCUT2D eigenvalue weighted by atomic mass is 10.1. The zero-order valence-corrected chi connectivity index (χ0v) is 15.7. The van der Waals surface area contributed by atoms with Crippen molar-refractivity contribution in [2.45, 2.75) is 33.6 Å². The van der Waals surface area contributed by atoms with Crippen LogP contribution in [0, 0.1) is 12.8 Å². The van der Waals surface area contributed by atoms with Gasteiger partial charge < -0.3 is 5.32 Å². The van der Waals surface area contributed by atoms with Gasteiger partial charge in [0.15, 0.2) is 0 Å². The lowest BCUT2D eigenvalue weighted by molar-refractivity contribution is -0.120. The van der Waals surface area contributed by atoms with Crippen LogP contribution in [0.25, 0.3) is 0 Å². The summed E-state index contributed by atoms with van der Waals surface area (Å²) in [5.74, 6) is 0.357. The topological polar surface area (TPSA) is 66.5 Å². The summed E-state index contributed by atoms with van der Waals surface area (Å²) in [6.07, 6.45) is 2.13. The Labute approximate surface area is 144 Å². The van der Waals surface area contributed by atoms with Crippen molar-refractivity contribution in [1.29, 1.82) is 0 Å². The number of nitrogens with one attached hydrogen (secondary N) is 1. The first-order valence-electron chi connectivity index (χ1n) is 7.62. The fourth-order valence-electron chi connectivity index (χ4n) is 2.11. The molecule has 0 bridgehead atoms. The molecule has 0 fully saturated rings. The molecule has 0 spiro atoms. The van der Waals surface area contributed by atoms with Crippen molar-refractivity contribution in [2.75, 3.05) is 23.7 Å². The van der Waals surface area contributed by atoms with Gasteiger partial charge in [0.1, 0.15) is 0 Å². The first-order chi connectivity index (χ1) is 10.6. The van der Waals surface area contributed by atoms with Gasteiger partial charge in [-0.05, 0) is 37.0 Å². The van der Waals surface area contributed by atoms with Crippen molar-refractivity contribution >= 4 is 33.2 Å². The fraction of sp³-hybridized carbons (Fsp3) is 0.562. The van der Waals surface area contributed by atoms with E-state index in [0.29, 0.717) is 23.2 Å². The minimum atomic E-state index is -3.49. The molecule has 0 atom stereocenters. The van der Waals surface area contributed by atoms with Crippen molar-refractivity contribution in [3.8, 4) is 0 Å². The van der Waals surface area contributed by atoms with Crippen molar-refractivity contribution in [2.24, 2.45) is 5.92 Å². The van der Waals surface area contributed by atoms with Gasteiger partial charge in [0, 0.05) is 24.5 Å². The second-order valence-corrected chi connectivity index (χ2v) is 8.39. The van der Waals surface area contributed by atoms with Crippen LogP contribution in [0.5, 0.6) is 0 Å². The number of amides is 1. The van der Waals surface area contributed by atoms with Crippen LogP contribution in [0.4, 0.5) is 5.69 Å². The van der Waals surface area contributed by atoms with Crippen LogP contribution in [0.2, 0.25) is 5.02 Å². The van der Waals surface area contributed by atoms with Crippen LogP contribution < -0.4 is 9.62 Å². The van der Waals surface area contributed by atoms with Gasteiger partial charge in [-0.15, -0.1) is 0 Å². The molecular weight excluding hydrogens is 336 g/mol. The average molecular weight is 361 g/mol. The SMILES string of the molecule is Cc1ccc(Cl)cc1N(CCC(=O)NCCC(C)C)S(C)(=O)=O. The molecule has 0 saturated heterocycles. The predicted octanol–water partition coefficient (Wildman–Crippen LogP) is 2.97. The third-order valence-corrected chi connectivity index (χ3v) is 4.84. The summed E-state index contributed by atoms with van der Waals surface area (Å²) in [5.41, 5.74) is 1.30. The van der Waals surface area contributed by atoms with E-state index in [-0.39, 0.29) is 18.9 Å². The quantitative estimate of drug-likeness (QED) is 0.775. The molecule has 0 aliphatic carbocycles. The molecule has 0 aliphatic rings. The van der Waals surface area contributed by atoms with E-state index in [9.17, 15) is 13.2 Å². The molecule has 0 saturated carbocycles. The van der Waals surface area contributed by atoms with E-state index in [1.807, 2.05) is 6.92 Å². The predicted molar refractivity (Wildman–Crippen MR) is 95.5 cm³/mol. The molecule has 1 N–H and O–H groups in total. The van der Waals surface area contributed by atoms with Gasteiger partial charge in [0.05, 0.1) is 11.9 Å². The van der Waals surface area contributed by atoms with Gasteiger partial charge in [-0.3, -0.25) is 9.10 Å². The van der Waals surface area contributed by atoms with E-state index >= 15 is 0 Å². The molecule has 1 rings (SSSR count). The molecule has 0 aliphatic heterocycles. The number of nitrogens with zero attached hydrogens (tertiary/aromatic N) is 1. The van der Waals surface area contributed by atoms with Gasteiger partial charge in [0.2, 0.25) is 15.9 Å². The highest BCUT2D eigenvalue weighted by molar-refractivity contribution is 7.92. The Kier molecular flexibility index (Phi) is 7.35. The molecule has 5 nitrogen and oxygen atoms in total. The summed E-state index contributed by atoms with van der Waals surface area (Å²) in [6, 6.07) is 5.08. The number of halogens is 1. The van der Waals surface area contributed by atoms with Crippen LogP contribution in [0.3, 0.4) is 0 Å². The highest BCUT2D eigenvalue weighted by atomic mass is 35.5. The number of sulfonamides is 1. The highest BCUT2D eigenvalue weighted by Crippen LogP contribution is 2.26. The van der Waals surface area contributed by atoms with Crippen LogP contribution in [-0.4, -0.2) is 33.7 Å². The first-order valence-corrected chi connectivity index (χ1v) is 9.84. The van der Waals surface area contributed by atoms with Crippen LogP contribution in [0.15, 0.2) is 18.2 Å². The maximum absolute atomic E-state index is 12.1. The van der Waals surface area contributed by atoms with E-state index in [2.05, 4.69) is 19.2 Å². The van der Waals surface area contributed by atoms with Crippen LogP contribution in [-0.2, 0) is 14.8 Å². The maximum atomic E-state index is 12.1. The van der Waals surface area contributed by atoms with E-state index in [4.69, 9.17) is 11.6 Å². The highest BCUT2D eigenvalue weighted by Gasteiger charge is 2.20. The van der Waals surface area contributed by atoms with E-state index in [1.165, 1.54) is 4.31 Å². The number of aryl methyl sites for hydroxylation is 1. The fourth-order valence-corrected chi connectivity index (χ4v) is 3.25. The van der Waals surface area contributed by atoms with Gasteiger partial charge >= 0.3 is 0 Å². The lowest BCUT2D eigenvalue weighted by Gasteiger charge is -2.24. The number of hydrogen-bond donors (Lipinski definition) is 1. The molecule has 23 heavy (non-hydrogen) atoms. The molecule has 0 radical (unpaired) electrons. The van der Waals surface area contributed by atoms with Crippen molar-refractivity contribution in [3.05, 3.63) is 28.8 Å². The second-order valence-electron chi connectivity index (χ2n) is 6.05. The smallest absolute Gasteiger partial charge is 0.232 e. The zero-order valence-electron chi connectivity index (χ0n) is 14.1. The summed E-state index contributed by atoms with van der Waals surface area (Å²) < 4.78 is 25.4. The Morgan fingerprint density at radius 2 is 2.00 bits per heavy atom. The summed E-state index contributed by atoms with van der Waals surface area (Å²) in [4.78, 5) is 11.9. The minimum Gasteiger partial charge on any atom is -0.356 e. The summed E-state index contributed by atoms with van der Waals surface area (Å²) in [7, 11) is -3.49. The van der Waals surface area contributed by atoms with E-state index in [1.54, 1.807) is 18.2 Å². The third kappa shape index (κ3) is 6.79. The Morgan fingerprint density at radius 1 is 1.35 bits per heavy atom. The Bertz CT molecular complexity index is 645. The summed E-state index contributed by atoms with van der Waals surface area (Å²) in [5, 5.41) is 3.27. The average Bonchev–Trinajstić information content (AvgIpc) is 2.41. The number of rotatable bonds is 8. The number of benzene rings is 1. The van der Waals surface area contributed by atoms with Crippen molar-refractivity contribution in [3.63, 3.8) is 0 Å². The molecule has 0 aromatic heterocycles. The summed E-state index contributed by atoms with van der Waals surface area (Å²) >= 11 is 5.97. The number of hydrogen-bond acceptors (Lipinski definition) is 3. The molecule has 1 aromatic rings. The largest absolute Gasteiger partial charge is 0.356 e. The first kappa shape index (κ1) is 19.8. The summed E-state index contributed by atoms with van der Waals surface area (Å²) in [6.45, 7) is 6.67. The Balaban J connectivity index is 2.78. The molecule has 0 unspecified atom stereocenters. The van der Waals surface area contributed by atoms with Crippen molar-refractivity contribution in [1.82, 2.24) is 5.32 Å². The Morgan fingerprint density at radius 3 is 2.57 bits per heavy atom. The standard InChI is InChI=1S/C16H25ClN2O3S/c1-12(2)7-9-18-16(20)8-10-19(23(4,21)22)15-11-14(17)6-5-13(15)3/h5-6,11-12H,7-10H2,1-4H3,(H,18,20). The molecule has 130 valence electrons. The van der Waals surface area contributed by atoms with Crippen LogP contribution in [0.1, 0.15) is 32.3 Å².